The number of hydrogen-bond acceptors (Lipinski definition) is 3. The van der Waals surface area contributed by atoms with Crippen LogP contribution in [0.25, 0.3) is 22.2 Å². The Morgan fingerprint density at radius 1 is 0.750 bits per heavy atom. The molecule has 0 fully saturated rings. The summed E-state index contributed by atoms with van der Waals surface area (Å²) in [5.74, 6) is 0. The molecule has 0 radical (unpaired) electrons. The number of nitrogens with one attached hydrogen (secondary N) is 1. The van der Waals surface area contributed by atoms with E-state index in [1.54, 1.807) is 30.6 Å². The van der Waals surface area contributed by atoms with Gasteiger partial charge in [-0.3, -0.25) is 4.72 Å². The zero-order valence-electron chi connectivity index (χ0n) is 17.2. The van der Waals surface area contributed by atoms with Gasteiger partial charge in [-0.2, -0.15) is 0 Å². The third-order valence-electron chi connectivity index (χ3n) is 5.34. The van der Waals surface area contributed by atoms with Gasteiger partial charge in [-0.1, -0.05) is 72.8 Å². The van der Waals surface area contributed by atoms with Crippen LogP contribution in [0.2, 0.25) is 0 Å². The van der Waals surface area contributed by atoms with Crippen molar-refractivity contribution < 1.29 is 8.42 Å². The Morgan fingerprint density at radius 2 is 1.41 bits per heavy atom. The van der Waals surface area contributed by atoms with E-state index >= 15 is 0 Å². The number of hydrogen-bond donors (Lipinski definition) is 1. The number of sulfonamides is 1. The van der Waals surface area contributed by atoms with Crippen LogP contribution < -0.4 is 4.72 Å². The molecule has 158 valence electrons. The van der Waals surface area contributed by atoms with Crippen LogP contribution in [0.1, 0.15) is 5.56 Å². The van der Waals surface area contributed by atoms with Gasteiger partial charge in [0.25, 0.3) is 10.0 Å². The van der Waals surface area contributed by atoms with Crippen LogP contribution in [0, 0.1) is 0 Å². The predicted octanol–water partition coefficient (Wildman–Crippen LogP) is 5.55. The van der Waals surface area contributed by atoms with Gasteiger partial charge in [0.1, 0.15) is 0 Å². The number of nitrogens with zero attached hydrogens (tertiary/aromatic N) is 2. The molecule has 0 aliphatic heterocycles. The SMILES string of the molecule is O=S(=O)(Nc1ccc2c(c1)ncn2Cc1ccccc1)c1ccc(-c2ccccc2)cc1. The number of imidazole rings is 1. The van der Waals surface area contributed by atoms with Crippen molar-refractivity contribution in [2.45, 2.75) is 11.4 Å². The second kappa shape index (κ2) is 8.32. The molecule has 0 aliphatic carbocycles. The molecule has 5 rings (SSSR count). The molecule has 0 aliphatic rings. The van der Waals surface area contributed by atoms with Crippen LogP contribution in [0.4, 0.5) is 5.69 Å². The van der Waals surface area contributed by atoms with E-state index in [9.17, 15) is 8.42 Å². The molecule has 0 saturated heterocycles. The molecule has 0 atom stereocenters. The normalized spacial score (nSPS) is 11.5. The second-order valence-electron chi connectivity index (χ2n) is 7.56. The Morgan fingerprint density at radius 3 is 2.12 bits per heavy atom. The summed E-state index contributed by atoms with van der Waals surface area (Å²) in [5.41, 5.74) is 5.35. The molecule has 5 aromatic rings. The molecular formula is C26H21N3O2S. The molecule has 1 N–H and O–H groups in total. The summed E-state index contributed by atoms with van der Waals surface area (Å²) in [5, 5.41) is 0. The van der Waals surface area contributed by atoms with Gasteiger partial charge in [-0.25, -0.2) is 13.4 Å². The first-order valence-corrected chi connectivity index (χ1v) is 11.7. The molecule has 0 spiro atoms. The zero-order valence-corrected chi connectivity index (χ0v) is 18.0. The molecule has 1 heterocycles. The Labute approximate surface area is 187 Å². The quantitative estimate of drug-likeness (QED) is 0.377. The van der Waals surface area contributed by atoms with Crippen molar-refractivity contribution >= 4 is 26.7 Å². The maximum atomic E-state index is 12.9. The van der Waals surface area contributed by atoms with Gasteiger partial charge in [-0.15, -0.1) is 0 Å². The van der Waals surface area contributed by atoms with Crippen LogP contribution in [-0.4, -0.2) is 18.0 Å². The van der Waals surface area contributed by atoms with E-state index < -0.39 is 10.0 Å². The van der Waals surface area contributed by atoms with Crippen LogP contribution in [0.3, 0.4) is 0 Å². The molecular weight excluding hydrogens is 418 g/mol. The summed E-state index contributed by atoms with van der Waals surface area (Å²) in [4.78, 5) is 4.67. The Bertz CT molecular complexity index is 1460. The van der Waals surface area contributed by atoms with E-state index in [1.807, 2.05) is 71.3 Å². The first-order chi connectivity index (χ1) is 15.6. The van der Waals surface area contributed by atoms with Gasteiger partial charge in [-0.05, 0) is 47.0 Å². The highest BCUT2D eigenvalue weighted by Gasteiger charge is 2.15. The fourth-order valence-corrected chi connectivity index (χ4v) is 4.75. The lowest BCUT2D eigenvalue weighted by atomic mass is 10.1. The number of benzene rings is 4. The molecule has 4 aromatic carbocycles. The van der Waals surface area contributed by atoms with Gasteiger partial charge in [0.15, 0.2) is 0 Å². The zero-order chi connectivity index (χ0) is 22.0. The van der Waals surface area contributed by atoms with Crippen molar-refractivity contribution in [3.05, 3.63) is 115 Å². The van der Waals surface area contributed by atoms with Crippen molar-refractivity contribution in [2.24, 2.45) is 0 Å². The van der Waals surface area contributed by atoms with Gasteiger partial charge < -0.3 is 4.57 Å². The number of fused-ring (bicyclic) bond motifs is 1. The fourth-order valence-electron chi connectivity index (χ4n) is 3.70. The lowest BCUT2D eigenvalue weighted by Gasteiger charge is -2.10. The van der Waals surface area contributed by atoms with Gasteiger partial charge in [0.2, 0.25) is 0 Å². The minimum Gasteiger partial charge on any atom is -0.326 e. The van der Waals surface area contributed by atoms with Crippen molar-refractivity contribution in [3.63, 3.8) is 0 Å². The second-order valence-corrected chi connectivity index (χ2v) is 9.24. The minimum absolute atomic E-state index is 0.215. The summed E-state index contributed by atoms with van der Waals surface area (Å²) in [6.07, 6.45) is 1.78. The van der Waals surface area contributed by atoms with Crippen molar-refractivity contribution in [1.29, 1.82) is 0 Å². The third-order valence-corrected chi connectivity index (χ3v) is 6.74. The monoisotopic (exact) mass is 439 g/mol. The lowest BCUT2D eigenvalue weighted by molar-refractivity contribution is 0.601. The summed E-state index contributed by atoms with van der Waals surface area (Å²) in [6, 6.07) is 32.3. The predicted molar refractivity (Wildman–Crippen MR) is 128 cm³/mol. The molecule has 0 amide bonds. The minimum atomic E-state index is -3.71. The van der Waals surface area contributed by atoms with Crippen molar-refractivity contribution in [3.8, 4) is 11.1 Å². The van der Waals surface area contributed by atoms with Crippen molar-refractivity contribution in [1.82, 2.24) is 9.55 Å². The standard InChI is InChI=1S/C26H21N3O2S/c30-32(31,24-14-11-22(12-15-24)21-9-5-2-6-10-21)28-23-13-16-26-25(17-23)27-19-29(26)18-20-7-3-1-4-8-20/h1-17,19,28H,18H2. The van der Waals surface area contributed by atoms with E-state index in [0.29, 0.717) is 12.2 Å². The molecule has 5 nitrogen and oxygen atoms in total. The van der Waals surface area contributed by atoms with Gasteiger partial charge >= 0.3 is 0 Å². The smallest absolute Gasteiger partial charge is 0.261 e. The number of rotatable bonds is 6. The fraction of sp³-hybridized carbons (Fsp3) is 0.0385. The average molecular weight is 440 g/mol. The van der Waals surface area contributed by atoms with E-state index in [4.69, 9.17) is 0 Å². The third kappa shape index (κ3) is 4.13. The summed E-state index contributed by atoms with van der Waals surface area (Å²) in [7, 11) is -3.71. The molecule has 32 heavy (non-hydrogen) atoms. The average Bonchev–Trinajstić information content (AvgIpc) is 3.22. The van der Waals surface area contributed by atoms with Gasteiger partial charge in [0.05, 0.1) is 27.9 Å². The largest absolute Gasteiger partial charge is 0.326 e. The van der Waals surface area contributed by atoms with Crippen molar-refractivity contribution in [2.75, 3.05) is 4.72 Å². The highest BCUT2D eigenvalue weighted by Crippen LogP contribution is 2.24. The maximum absolute atomic E-state index is 12.9. The summed E-state index contributed by atoms with van der Waals surface area (Å²) < 4.78 is 30.5. The Kier molecular flexibility index (Phi) is 5.21. The van der Waals surface area contributed by atoms with E-state index in [2.05, 4.69) is 21.8 Å². The molecule has 0 unspecified atom stereocenters. The Hall–Kier alpha value is -3.90. The topological polar surface area (TPSA) is 64.0 Å². The van der Waals surface area contributed by atoms with Crippen LogP contribution in [-0.2, 0) is 16.6 Å². The summed E-state index contributed by atoms with van der Waals surface area (Å²) >= 11 is 0. The lowest BCUT2D eigenvalue weighted by Crippen LogP contribution is -2.12. The molecule has 0 bridgehead atoms. The maximum Gasteiger partial charge on any atom is 0.261 e. The van der Waals surface area contributed by atoms with Gasteiger partial charge in [0, 0.05) is 6.54 Å². The van der Waals surface area contributed by atoms with E-state index in [1.165, 1.54) is 5.56 Å². The first-order valence-electron chi connectivity index (χ1n) is 10.3. The molecule has 6 heteroatoms. The van der Waals surface area contributed by atoms with E-state index in [0.717, 1.165) is 22.2 Å². The van der Waals surface area contributed by atoms with Crippen LogP contribution >= 0.6 is 0 Å². The highest BCUT2D eigenvalue weighted by molar-refractivity contribution is 7.92. The van der Waals surface area contributed by atoms with Crippen LogP contribution in [0.15, 0.2) is 114 Å². The number of aromatic nitrogens is 2. The highest BCUT2D eigenvalue weighted by atomic mass is 32.2. The first kappa shape index (κ1) is 20.0. The van der Waals surface area contributed by atoms with Crippen LogP contribution in [0.5, 0.6) is 0 Å². The number of anilines is 1. The van der Waals surface area contributed by atoms with E-state index in [-0.39, 0.29) is 4.90 Å². The molecule has 1 aromatic heterocycles. The summed E-state index contributed by atoms with van der Waals surface area (Å²) in [6.45, 7) is 0.705. The molecule has 0 saturated carbocycles. The Balaban J connectivity index is 1.36.